The van der Waals surface area contributed by atoms with Crippen LogP contribution in [0.5, 0.6) is 0 Å². The number of aromatic amines is 1. The van der Waals surface area contributed by atoms with Crippen LogP contribution >= 0.6 is 0 Å². The summed E-state index contributed by atoms with van der Waals surface area (Å²) in [5.74, 6) is 0.729. The first kappa shape index (κ1) is 22.2. The van der Waals surface area contributed by atoms with E-state index in [-0.39, 0.29) is 28.2 Å². The summed E-state index contributed by atoms with van der Waals surface area (Å²) in [5.41, 5.74) is 1.68. The molecule has 1 saturated heterocycles. The first-order valence-electron chi connectivity index (χ1n) is 10.8. The number of nitro benzene ring substituents is 1. The van der Waals surface area contributed by atoms with Gasteiger partial charge in [-0.15, -0.1) is 0 Å². The van der Waals surface area contributed by atoms with Gasteiger partial charge in [-0.2, -0.15) is 4.31 Å². The molecule has 1 aromatic heterocycles. The predicted octanol–water partition coefficient (Wildman–Crippen LogP) is 4.45. The molecule has 1 fully saturated rings. The second-order valence-corrected chi connectivity index (χ2v) is 10.3. The van der Waals surface area contributed by atoms with Crippen LogP contribution in [0, 0.1) is 16.0 Å². The van der Waals surface area contributed by atoms with Gasteiger partial charge in [0.25, 0.3) is 5.69 Å². The molecule has 0 radical (unpaired) electrons. The van der Waals surface area contributed by atoms with Gasteiger partial charge >= 0.3 is 0 Å². The van der Waals surface area contributed by atoms with Crippen LogP contribution < -0.4 is 5.32 Å². The van der Waals surface area contributed by atoms with Crippen molar-refractivity contribution in [3.63, 3.8) is 0 Å². The summed E-state index contributed by atoms with van der Waals surface area (Å²) in [6, 6.07) is 11.4. The first-order valence-corrected chi connectivity index (χ1v) is 12.2. The highest BCUT2D eigenvalue weighted by Gasteiger charge is 2.30. The van der Waals surface area contributed by atoms with Crippen LogP contribution in [-0.2, 0) is 10.0 Å². The number of nitrogens with zero attached hydrogens (tertiary/aromatic N) is 3. The fraction of sp³-hybridized carbons (Fsp3) is 0.409. The molecule has 0 unspecified atom stereocenters. The van der Waals surface area contributed by atoms with Crippen LogP contribution in [0.1, 0.15) is 45.0 Å². The molecule has 3 aromatic rings. The maximum Gasteiger partial charge on any atom is 0.293 e. The number of anilines is 1. The fourth-order valence-electron chi connectivity index (χ4n) is 4.04. The van der Waals surface area contributed by atoms with Crippen molar-refractivity contribution in [2.75, 3.05) is 18.4 Å². The summed E-state index contributed by atoms with van der Waals surface area (Å²) in [6.07, 6.45) is 2.59. The number of hydrogen-bond acceptors (Lipinski definition) is 6. The molecule has 0 saturated carbocycles. The number of aromatic nitrogens is 2. The minimum atomic E-state index is -3.77. The molecular weight excluding hydrogens is 430 g/mol. The minimum Gasteiger partial charge on any atom is -0.369 e. The highest BCUT2D eigenvalue weighted by Crippen LogP contribution is 2.34. The Balaban J connectivity index is 1.68. The van der Waals surface area contributed by atoms with Crippen LogP contribution in [0.15, 0.2) is 47.4 Å². The number of imidazole rings is 1. The number of para-hydroxylation sites is 2. The van der Waals surface area contributed by atoms with Gasteiger partial charge in [0.1, 0.15) is 11.5 Å². The number of benzene rings is 2. The maximum atomic E-state index is 13.0. The number of H-pyrrole nitrogens is 1. The Labute approximate surface area is 187 Å². The van der Waals surface area contributed by atoms with E-state index >= 15 is 0 Å². The second kappa shape index (κ2) is 8.87. The maximum absolute atomic E-state index is 13.0. The van der Waals surface area contributed by atoms with Gasteiger partial charge in [-0.05, 0) is 43.0 Å². The summed E-state index contributed by atoms with van der Waals surface area (Å²) in [4.78, 5) is 19.1. The van der Waals surface area contributed by atoms with Gasteiger partial charge in [-0.3, -0.25) is 10.1 Å². The highest BCUT2D eigenvalue weighted by molar-refractivity contribution is 7.89. The molecule has 2 aromatic carbocycles. The quantitative estimate of drug-likeness (QED) is 0.399. The molecule has 2 heterocycles. The summed E-state index contributed by atoms with van der Waals surface area (Å²) < 4.78 is 27.4. The van der Waals surface area contributed by atoms with Crippen LogP contribution in [0.2, 0.25) is 0 Å². The average Bonchev–Trinajstić information content (AvgIpc) is 3.21. The van der Waals surface area contributed by atoms with E-state index < -0.39 is 14.9 Å². The Hall–Kier alpha value is -2.98. The van der Waals surface area contributed by atoms with E-state index in [1.54, 1.807) is 0 Å². The Morgan fingerprint density at radius 1 is 1.12 bits per heavy atom. The van der Waals surface area contributed by atoms with Crippen molar-refractivity contribution >= 4 is 32.4 Å². The molecule has 32 heavy (non-hydrogen) atoms. The van der Waals surface area contributed by atoms with Gasteiger partial charge in [-0.25, -0.2) is 13.4 Å². The molecule has 0 spiro atoms. The number of nitrogens with one attached hydrogen (secondary N) is 2. The summed E-state index contributed by atoms with van der Waals surface area (Å²) in [6.45, 7) is 4.87. The lowest BCUT2D eigenvalue weighted by Gasteiger charge is -2.26. The average molecular weight is 458 g/mol. The van der Waals surface area contributed by atoms with E-state index in [1.807, 2.05) is 38.1 Å². The molecule has 170 valence electrons. The van der Waals surface area contributed by atoms with Crippen LogP contribution in [-0.4, -0.2) is 40.7 Å². The van der Waals surface area contributed by atoms with E-state index in [2.05, 4.69) is 15.3 Å². The van der Waals surface area contributed by atoms with Gasteiger partial charge in [0.2, 0.25) is 10.0 Å². The molecule has 1 aliphatic heterocycles. The van der Waals surface area contributed by atoms with Crippen molar-refractivity contribution < 1.29 is 13.3 Å². The third-order valence-electron chi connectivity index (χ3n) is 5.80. The molecule has 0 bridgehead atoms. The molecule has 2 N–H and O–H groups in total. The zero-order valence-corrected chi connectivity index (χ0v) is 18.9. The van der Waals surface area contributed by atoms with E-state index in [0.717, 1.165) is 36.4 Å². The Morgan fingerprint density at radius 2 is 1.84 bits per heavy atom. The summed E-state index contributed by atoms with van der Waals surface area (Å²) in [5, 5.41) is 15.1. The topological polar surface area (TPSA) is 121 Å². The number of sulfonamides is 1. The van der Waals surface area contributed by atoms with Gasteiger partial charge in [0, 0.05) is 19.2 Å². The number of hydrogen-bond donors (Lipinski definition) is 2. The molecular formula is C22H27N5O4S. The zero-order valence-electron chi connectivity index (χ0n) is 18.1. The largest absolute Gasteiger partial charge is 0.369 e. The van der Waals surface area contributed by atoms with E-state index in [9.17, 15) is 18.5 Å². The molecule has 1 atom stereocenters. The second-order valence-electron chi connectivity index (χ2n) is 8.41. The summed E-state index contributed by atoms with van der Waals surface area (Å²) >= 11 is 0. The van der Waals surface area contributed by atoms with Gasteiger partial charge in [0.05, 0.1) is 26.9 Å². The molecule has 0 aliphatic carbocycles. The van der Waals surface area contributed by atoms with Crippen LogP contribution in [0.4, 0.5) is 11.4 Å². The van der Waals surface area contributed by atoms with Crippen molar-refractivity contribution in [1.29, 1.82) is 0 Å². The first-order chi connectivity index (χ1) is 15.3. The fourth-order valence-corrected chi connectivity index (χ4v) is 5.58. The number of piperidine rings is 1. The lowest BCUT2D eigenvalue weighted by atomic mass is 10.0. The molecule has 9 nitrogen and oxygen atoms in total. The molecule has 10 heteroatoms. The van der Waals surface area contributed by atoms with E-state index in [4.69, 9.17) is 0 Å². The number of nitro groups is 1. The van der Waals surface area contributed by atoms with E-state index in [0.29, 0.717) is 18.9 Å². The lowest BCUT2D eigenvalue weighted by Crippen LogP contribution is -2.35. The monoisotopic (exact) mass is 457 g/mol. The highest BCUT2D eigenvalue weighted by atomic mass is 32.2. The Morgan fingerprint density at radius 3 is 2.50 bits per heavy atom. The lowest BCUT2D eigenvalue weighted by molar-refractivity contribution is -0.384. The Kier molecular flexibility index (Phi) is 6.16. The smallest absolute Gasteiger partial charge is 0.293 e. The van der Waals surface area contributed by atoms with Crippen molar-refractivity contribution in [1.82, 2.24) is 14.3 Å². The van der Waals surface area contributed by atoms with Gasteiger partial charge in [-0.1, -0.05) is 32.4 Å². The van der Waals surface area contributed by atoms with Crippen LogP contribution in [0.25, 0.3) is 11.0 Å². The standard InChI is InChI=1S/C22H27N5O4S/c1-15(2)21(22-24-17-8-4-5-9-18(17)25-22)23-19-11-10-16(14-20(19)27(28)29)32(30,31)26-12-6-3-7-13-26/h4-5,8-11,14-15,21,23H,3,6-7,12-13H2,1-2H3,(H,24,25)/t21-/m0/s1. The predicted molar refractivity (Wildman–Crippen MR) is 123 cm³/mol. The molecule has 0 amide bonds. The summed E-state index contributed by atoms with van der Waals surface area (Å²) in [7, 11) is -3.77. The Bertz CT molecular complexity index is 1200. The van der Waals surface area contributed by atoms with Crippen molar-refractivity contribution in [3.05, 3.63) is 58.4 Å². The number of rotatable bonds is 7. The molecule has 4 rings (SSSR count). The normalized spacial score (nSPS) is 16.3. The minimum absolute atomic E-state index is 0.0542. The van der Waals surface area contributed by atoms with Gasteiger partial charge < -0.3 is 10.3 Å². The van der Waals surface area contributed by atoms with Crippen molar-refractivity contribution in [2.45, 2.75) is 44.0 Å². The van der Waals surface area contributed by atoms with Crippen molar-refractivity contribution in [3.8, 4) is 0 Å². The zero-order chi connectivity index (χ0) is 22.9. The SMILES string of the molecule is CC(C)[C@H](Nc1ccc(S(=O)(=O)N2CCCCC2)cc1[N+](=O)[O-])c1nc2ccccc2[nH]1. The third-order valence-corrected chi connectivity index (χ3v) is 7.69. The van der Waals surface area contributed by atoms with E-state index in [1.165, 1.54) is 16.4 Å². The third kappa shape index (κ3) is 4.33. The van der Waals surface area contributed by atoms with Gasteiger partial charge in [0.15, 0.2) is 0 Å². The number of fused-ring (bicyclic) bond motifs is 1. The van der Waals surface area contributed by atoms with Crippen molar-refractivity contribution in [2.24, 2.45) is 5.92 Å². The molecule has 1 aliphatic rings. The van der Waals surface area contributed by atoms with Crippen LogP contribution in [0.3, 0.4) is 0 Å².